The molecule has 0 atom stereocenters. The number of hydrogen-bond acceptors (Lipinski definition) is 4. The van der Waals surface area contributed by atoms with Crippen LogP contribution >= 0.6 is 23.4 Å². The Balaban J connectivity index is 1.76. The molecule has 1 N–H and O–H groups in total. The zero-order valence-corrected chi connectivity index (χ0v) is 15.4. The molecular formula is C19H15ClN2O3S. The van der Waals surface area contributed by atoms with Crippen LogP contribution < -0.4 is 5.32 Å². The minimum Gasteiger partial charge on any atom is -0.326 e. The van der Waals surface area contributed by atoms with Crippen molar-refractivity contribution in [1.29, 1.82) is 0 Å². The van der Waals surface area contributed by atoms with Crippen molar-refractivity contribution < 1.29 is 14.4 Å². The quantitative estimate of drug-likeness (QED) is 0.783. The number of benzene rings is 2. The molecule has 1 fully saturated rings. The highest BCUT2D eigenvalue weighted by Crippen LogP contribution is 2.34. The highest BCUT2D eigenvalue weighted by atomic mass is 35.5. The molecule has 2 aromatic carbocycles. The maximum absolute atomic E-state index is 12.6. The molecule has 7 heteroatoms. The van der Waals surface area contributed by atoms with Crippen LogP contribution in [0.2, 0.25) is 5.02 Å². The van der Waals surface area contributed by atoms with Crippen LogP contribution in [0.25, 0.3) is 6.08 Å². The predicted octanol–water partition coefficient (Wildman–Crippen LogP) is 4.53. The van der Waals surface area contributed by atoms with E-state index < -0.39 is 0 Å². The number of carbonyl (C=O) groups is 3. The molecule has 1 heterocycles. The second kappa shape index (κ2) is 7.76. The van der Waals surface area contributed by atoms with Crippen molar-refractivity contribution in [2.45, 2.75) is 13.5 Å². The fourth-order valence-corrected chi connectivity index (χ4v) is 3.48. The first-order chi connectivity index (χ1) is 12.4. The van der Waals surface area contributed by atoms with Crippen molar-refractivity contribution in [3.63, 3.8) is 0 Å². The summed E-state index contributed by atoms with van der Waals surface area (Å²) in [6.45, 7) is 1.58. The molecule has 0 spiro atoms. The lowest BCUT2D eigenvalue weighted by atomic mass is 10.2. The SMILES string of the molecule is CC(=O)Nc1ccc(/C=C2\SC(=O)N(Cc3ccccc3Cl)C2=O)cc1. The first-order valence-electron chi connectivity index (χ1n) is 7.80. The van der Waals surface area contributed by atoms with Crippen LogP contribution in [0.15, 0.2) is 53.4 Å². The van der Waals surface area contributed by atoms with Gasteiger partial charge in [-0.25, -0.2) is 0 Å². The summed E-state index contributed by atoms with van der Waals surface area (Å²) in [4.78, 5) is 37.4. The number of amides is 3. The maximum atomic E-state index is 12.6. The number of thioether (sulfide) groups is 1. The molecule has 0 unspecified atom stereocenters. The van der Waals surface area contributed by atoms with Gasteiger partial charge in [-0.1, -0.05) is 41.9 Å². The lowest BCUT2D eigenvalue weighted by Gasteiger charge is -2.13. The van der Waals surface area contributed by atoms with Crippen molar-refractivity contribution in [2.24, 2.45) is 0 Å². The van der Waals surface area contributed by atoms with E-state index in [0.717, 1.165) is 22.9 Å². The van der Waals surface area contributed by atoms with E-state index in [2.05, 4.69) is 5.32 Å². The van der Waals surface area contributed by atoms with Crippen molar-refractivity contribution in [3.8, 4) is 0 Å². The third-order valence-corrected chi connectivity index (χ3v) is 4.96. The number of rotatable bonds is 4. The Morgan fingerprint density at radius 2 is 1.85 bits per heavy atom. The molecule has 0 bridgehead atoms. The van der Waals surface area contributed by atoms with E-state index in [9.17, 15) is 14.4 Å². The molecule has 1 aliphatic heterocycles. The molecule has 2 aromatic rings. The van der Waals surface area contributed by atoms with Crippen LogP contribution in [0.1, 0.15) is 18.1 Å². The van der Waals surface area contributed by atoms with Crippen LogP contribution in [0, 0.1) is 0 Å². The highest BCUT2D eigenvalue weighted by molar-refractivity contribution is 8.18. The monoisotopic (exact) mass is 386 g/mol. The topological polar surface area (TPSA) is 66.5 Å². The molecule has 132 valence electrons. The van der Waals surface area contributed by atoms with E-state index >= 15 is 0 Å². The zero-order valence-electron chi connectivity index (χ0n) is 13.9. The van der Waals surface area contributed by atoms with Crippen LogP contribution in [0.4, 0.5) is 10.5 Å². The average Bonchev–Trinajstić information content (AvgIpc) is 2.85. The van der Waals surface area contributed by atoms with Gasteiger partial charge in [0, 0.05) is 17.6 Å². The molecule has 5 nitrogen and oxygen atoms in total. The van der Waals surface area contributed by atoms with E-state index in [0.29, 0.717) is 15.6 Å². The maximum Gasteiger partial charge on any atom is 0.293 e. The normalized spacial score (nSPS) is 15.6. The Bertz CT molecular complexity index is 909. The molecule has 0 aliphatic carbocycles. The minimum atomic E-state index is -0.342. The molecule has 0 saturated carbocycles. The van der Waals surface area contributed by atoms with Crippen molar-refractivity contribution in [3.05, 3.63) is 69.6 Å². The summed E-state index contributed by atoms with van der Waals surface area (Å²) < 4.78 is 0. The Hall–Kier alpha value is -2.57. The Morgan fingerprint density at radius 3 is 2.50 bits per heavy atom. The number of hydrogen-bond donors (Lipinski definition) is 1. The van der Waals surface area contributed by atoms with Gasteiger partial charge in [0.05, 0.1) is 11.4 Å². The largest absolute Gasteiger partial charge is 0.326 e. The van der Waals surface area contributed by atoms with Gasteiger partial charge in [-0.15, -0.1) is 0 Å². The molecule has 0 radical (unpaired) electrons. The average molecular weight is 387 g/mol. The van der Waals surface area contributed by atoms with Gasteiger partial charge in [0.2, 0.25) is 5.91 Å². The van der Waals surface area contributed by atoms with Gasteiger partial charge in [0.1, 0.15) is 0 Å². The molecule has 3 amide bonds. The van der Waals surface area contributed by atoms with E-state index in [-0.39, 0.29) is 23.6 Å². The smallest absolute Gasteiger partial charge is 0.293 e. The van der Waals surface area contributed by atoms with Gasteiger partial charge in [0.15, 0.2) is 0 Å². The third kappa shape index (κ3) is 4.15. The Labute approximate surface area is 160 Å². The molecule has 26 heavy (non-hydrogen) atoms. The Kier molecular flexibility index (Phi) is 5.44. The number of nitrogens with one attached hydrogen (secondary N) is 1. The number of carbonyl (C=O) groups excluding carboxylic acids is 3. The van der Waals surface area contributed by atoms with E-state index in [1.807, 2.05) is 6.07 Å². The Morgan fingerprint density at radius 1 is 1.15 bits per heavy atom. The van der Waals surface area contributed by atoms with Crippen LogP contribution in [-0.2, 0) is 16.1 Å². The fourth-order valence-electron chi connectivity index (χ4n) is 2.45. The molecule has 1 aliphatic rings. The van der Waals surface area contributed by atoms with Gasteiger partial charge >= 0.3 is 0 Å². The standard InChI is InChI=1S/C19H15ClN2O3S/c1-12(23)21-15-8-6-13(7-9-15)10-17-18(24)22(19(25)26-17)11-14-4-2-3-5-16(14)20/h2-10H,11H2,1H3,(H,21,23)/b17-10-. The predicted molar refractivity (Wildman–Crippen MR) is 104 cm³/mol. The number of imide groups is 1. The van der Waals surface area contributed by atoms with Crippen LogP contribution in [0.5, 0.6) is 0 Å². The summed E-state index contributed by atoms with van der Waals surface area (Å²) in [7, 11) is 0. The van der Waals surface area contributed by atoms with Gasteiger partial charge in [-0.05, 0) is 47.2 Å². The number of anilines is 1. The summed E-state index contributed by atoms with van der Waals surface area (Å²) in [5, 5.41) is 2.87. The van der Waals surface area contributed by atoms with Gasteiger partial charge in [0.25, 0.3) is 11.1 Å². The molecular weight excluding hydrogens is 372 g/mol. The lowest BCUT2D eigenvalue weighted by molar-refractivity contribution is -0.123. The fraction of sp³-hybridized carbons (Fsp3) is 0.105. The van der Waals surface area contributed by atoms with Crippen molar-refractivity contribution >= 4 is 52.2 Å². The first kappa shape index (κ1) is 18.2. The molecule has 3 rings (SSSR count). The van der Waals surface area contributed by atoms with E-state index in [1.54, 1.807) is 48.5 Å². The van der Waals surface area contributed by atoms with Crippen molar-refractivity contribution in [1.82, 2.24) is 4.90 Å². The summed E-state index contributed by atoms with van der Waals surface area (Å²) in [5.41, 5.74) is 2.15. The third-order valence-electron chi connectivity index (χ3n) is 3.69. The first-order valence-corrected chi connectivity index (χ1v) is 9.00. The number of nitrogens with zero attached hydrogens (tertiary/aromatic N) is 1. The summed E-state index contributed by atoms with van der Waals surface area (Å²) >= 11 is 7.02. The summed E-state index contributed by atoms with van der Waals surface area (Å²) in [6, 6.07) is 14.1. The highest BCUT2D eigenvalue weighted by Gasteiger charge is 2.35. The van der Waals surface area contributed by atoms with E-state index in [4.69, 9.17) is 11.6 Å². The van der Waals surface area contributed by atoms with Crippen molar-refractivity contribution in [2.75, 3.05) is 5.32 Å². The van der Waals surface area contributed by atoms with E-state index in [1.165, 1.54) is 11.8 Å². The van der Waals surface area contributed by atoms with Crippen LogP contribution in [0.3, 0.4) is 0 Å². The van der Waals surface area contributed by atoms with Crippen LogP contribution in [-0.4, -0.2) is 22.0 Å². The summed E-state index contributed by atoms with van der Waals surface area (Å²) in [6.07, 6.45) is 1.66. The zero-order chi connectivity index (χ0) is 18.7. The van der Waals surface area contributed by atoms with Gasteiger partial charge in [-0.2, -0.15) is 0 Å². The van der Waals surface area contributed by atoms with Gasteiger partial charge < -0.3 is 5.32 Å². The summed E-state index contributed by atoms with van der Waals surface area (Å²) in [5.74, 6) is -0.496. The number of halogens is 1. The molecule has 1 saturated heterocycles. The lowest BCUT2D eigenvalue weighted by Crippen LogP contribution is -2.27. The molecule has 0 aromatic heterocycles. The minimum absolute atomic E-state index is 0.142. The van der Waals surface area contributed by atoms with Gasteiger partial charge in [-0.3, -0.25) is 19.3 Å². The second-order valence-electron chi connectivity index (χ2n) is 5.66. The second-order valence-corrected chi connectivity index (χ2v) is 7.06.